The van der Waals surface area contributed by atoms with Crippen LogP contribution in [0.5, 0.6) is 0 Å². The Labute approximate surface area is 103 Å². The molecule has 0 spiro atoms. The highest BCUT2D eigenvalue weighted by Gasteiger charge is 1.99. The first kappa shape index (κ1) is 11.7. The number of anilines is 2. The molecule has 2 heterocycles. The van der Waals surface area contributed by atoms with Crippen molar-refractivity contribution in [1.29, 1.82) is 0 Å². The number of aromatic nitrogens is 3. The molecule has 0 aliphatic carbocycles. The van der Waals surface area contributed by atoms with Crippen molar-refractivity contribution in [2.24, 2.45) is 5.84 Å². The van der Waals surface area contributed by atoms with Crippen LogP contribution in [-0.2, 0) is 6.42 Å². The zero-order chi connectivity index (χ0) is 12.1. The second-order valence-corrected chi connectivity index (χ2v) is 4.51. The highest BCUT2D eigenvalue weighted by Crippen LogP contribution is 2.09. The number of nitrogens with two attached hydrogens (primary N) is 1. The summed E-state index contributed by atoms with van der Waals surface area (Å²) in [5.74, 6) is 6.38. The maximum Gasteiger partial charge on any atom is 0.239 e. The summed E-state index contributed by atoms with van der Waals surface area (Å²) < 4.78 is 0. The standard InChI is InChI=1S/C10H14N6S/c1-7-14-8(6-17-7)2-4-12-9-3-5-13-10(15-9)16-11/h3,5-6H,2,4,11H2,1H3,(H2,12,13,15,16). The Morgan fingerprint density at radius 1 is 1.41 bits per heavy atom. The van der Waals surface area contributed by atoms with Gasteiger partial charge in [0.2, 0.25) is 5.95 Å². The lowest BCUT2D eigenvalue weighted by atomic mass is 10.3. The number of aryl methyl sites for hydroxylation is 1. The van der Waals surface area contributed by atoms with Gasteiger partial charge in [-0.3, -0.25) is 5.43 Å². The highest BCUT2D eigenvalue weighted by molar-refractivity contribution is 7.09. The number of hydrogen-bond acceptors (Lipinski definition) is 7. The van der Waals surface area contributed by atoms with Gasteiger partial charge >= 0.3 is 0 Å². The zero-order valence-corrected chi connectivity index (χ0v) is 10.3. The van der Waals surface area contributed by atoms with Gasteiger partial charge < -0.3 is 5.32 Å². The largest absolute Gasteiger partial charge is 0.370 e. The zero-order valence-electron chi connectivity index (χ0n) is 9.47. The monoisotopic (exact) mass is 250 g/mol. The predicted molar refractivity (Wildman–Crippen MR) is 68.9 cm³/mol. The second-order valence-electron chi connectivity index (χ2n) is 3.44. The molecular formula is C10H14N6S. The molecule has 0 fully saturated rings. The van der Waals surface area contributed by atoms with Gasteiger partial charge in [-0.25, -0.2) is 15.8 Å². The molecule has 0 bridgehead atoms. The lowest BCUT2D eigenvalue weighted by Crippen LogP contribution is -2.12. The van der Waals surface area contributed by atoms with Crippen molar-refractivity contribution in [3.8, 4) is 0 Å². The van der Waals surface area contributed by atoms with Crippen LogP contribution >= 0.6 is 11.3 Å². The number of nitrogen functional groups attached to an aromatic ring is 1. The average Bonchev–Trinajstić information content (AvgIpc) is 2.75. The van der Waals surface area contributed by atoms with Gasteiger partial charge in [0, 0.05) is 24.5 Å². The first-order valence-corrected chi connectivity index (χ1v) is 6.10. The van der Waals surface area contributed by atoms with Crippen LogP contribution in [0.3, 0.4) is 0 Å². The van der Waals surface area contributed by atoms with Crippen molar-refractivity contribution >= 4 is 23.1 Å². The molecule has 0 aromatic carbocycles. The predicted octanol–water partition coefficient (Wildman–Crippen LogP) is 1.18. The van der Waals surface area contributed by atoms with Gasteiger partial charge in [0.25, 0.3) is 0 Å². The third-order valence-electron chi connectivity index (χ3n) is 2.14. The minimum Gasteiger partial charge on any atom is -0.370 e. The van der Waals surface area contributed by atoms with Gasteiger partial charge in [0.1, 0.15) is 5.82 Å². The minimum absolute atomic E-state index is 0.402. The van der Waals surface area contributed by atoms with Gasteiger partial charge in [0.15, 0.2) is 0 Å². The molecule has 4 N–H and O–H groups in total. The molecule has 2 aromatic rings. The molecular weight excluding hydrogens is 236 g/mol. The van der Waals surface area contributed by atoms with E-state index in [0.717, 1.165) is 29.5 Å². The summed E-state index contributed by atoms with van der Waals surface area (Å²) in [5, 5.41) is 6.36. The van der Waals surface area contributed by atoms with Crippen LogP contribution in [0.15, 0.2) is 17.6 Å². The fourth-order valence-corrected chi connectivity index (χ4v) is 2.02. The molecule has 0 aliphatic heterocycles. The third kappa shape index (κ3) is 3.36. The molecule has 0 saturated heterocycles. The number of thiazole rings is 1. The van der Waals surface area contributed by atoms with Crippen molar-refractivity contribution in [2.45, 2.75) is 13.3 Å². The lowest BCUT2D eigenvalue weighted by Gasteiger charge is -2.05. The summed E-state index contributed by atoms with van der Waals surface area (Å²) >= 11 is 1.67. The molecule has 0 aliphatic rings. The van der Waals surface area contributed by atoms with Crippen LogP contribution in [0.25, 0.3) is 0 Å². The van der Waals surface area contributed by atoms with Gasteiger partial charge in [-0.15, -0.1) is 11.3 Å². The summed E-state index contributed by atoms with van der Waals surface area (Å²) in [5.41, 5.74) is 3.51. The van der Waals surface area contributed by atoms with E-state index in [-0.39, 0.29) is 0 Å². The highest BCUT2D eigenvalue weighted by atomic mass is 32.1. The van der Waals surface area contributed by atoms with Crippen molar-refractivity contribution in [2.75, 3.05) is 17.3 Å². The molecule has 0 saturated carbocycles. The van der Waals surface area contributed by atoms with E-state index in [0.29, 0.717) is 5.95 Å². The Morgan fingerprint density at radius 2 is 2.29 bits per heavy atom. The SMILES string of the molecule is Cc1nc(CCNc2ccnc(NN)n2)cs1. The fourth-order valence-electron chi connectivity index (χ4n) is 1.37. The van der Waals surface area contributed by atoms with Gasteiger partial charge in [0.05, 0.1) is 10.7 Å². The van der Waals surface area contributed by atoms with Crippen LogP contribution in [0, 0.1) is 6.92 Å². The van der Waals surface area contributed by atoms with Crippen LogP contribution in [0.1, 0.15) is 10.7 Å². The number of hydrazine groups is 1. The number of nitrogens with zero attached hydrogens (tertiary/aromatic N) is 3. The average molecular weight is 250 g/mol. The molecule has 17 heavy (non-hydrogen) atoms. The molecule has 90 valence electrons. The van der Waals surface area contributed by atoms with Gasteiger partial charge in [-0.1, -0.05) is 0 Å². The van der Waals surface area contributed by atoms with Crippen molar-refractivity contribution in [1.82, 2.24) is 15.0 Å². The van der Waals surface area contributed by atoms with E-state index in [2.05, 4.69) is 31.1 Å². The molecule has 0 amide bonds. The van der Waals surface area contributed by atoms with Crippen molar-refractivity contribution < 1.29 is 0 Å². The molecule has 7 heteroatoms. The fraction of sp³-hybridized carbons (Fsp3) is 0.300. The molecule has 0 radical (unpaired) electrons. The van der Waals surface area contributed by atoms with Crippen LogP contribution in [0.2, 0.25) is 0 Å². The quantitative estimate of drug-likeness (QED) is 0.545. The second kappa shape index (κ2) is 5.55. The van der Waals surface area contributed by atoms with E-state index in [4.69, 9.17) is 5.84 Å². The topological polar surface area (TPSA) is 88.8 Å². The van der Waals surface area contributed by atoms with E-state index >= 15 is 0 Å². The third-order valence-corrected chi connectivity index (χ3v) is 2.96. The smallest absolute Gasteiger partial charge is 0.239 e. The van der Waals surface area contributed by atoms with Crippen molar-refractivity contribution in [3.05, 3.63) is 28.3 Å². The lowest BCUT2D eigenvalue weighted by molar-refractivity contribution is 0.956. The Hall–Kier alpha value is -1.73. The van der Waals surface area contributed by atoms with Gasteiger partial charge in [-0.05, 0) is 13.0 Å². The van der Waals surface area contributed by atoms with Crippen LogP contribution in [-0.4, -0.2) is 21.5 Å². The Kier molecular flexibility index (Phi) is 3.84. The Balaban J connectivity index is 1.85. The Morgan fingerprint density at radius 3 is 3.00 bits per heavy atom. The minimum atomic E-state index is 0.402. The summed E-state index contributed by atoms with van der Waals surface area (Å²) in [4.78, 5) is 12.5. The van der Waals surface area contributed by atoms with E-state index in [9.17, 15) is 0 Å². The number of hydrogen-bond donors (Lipinski definition) is 3. The molecule has 6 nitrogen and oxygen atoms in total. The van der Waals surface area contributed by atoms with Crippen LogP contribution in [0.4, 0.5) is 11.8 Å². The Bertz CT molecular complexity index is 483. The summed E-state index contributed by atoms with van der Waals surface area (Å²) in [7, 11) is 0. The van der Waals surface area contributed by atoms with E-state index in [1.807, 2.05) is 6.92 Å². The first-order chi connectivity index (χ1) is 8.28. The van der Waals surface area contributed by atoms with Crippen LogP contribution < -0.4 is 16.6 Å². The molecule has 2 aromatic heterocycles. The maximum absolute atomic E-state index is 5.23. The van der Waals surface area contributed by atoms with Gasteiger partial charge in [-0.2, -0.15) is 4.98 Å². The maximum atomic E-state index is 5.23. The number of nitrogens with one attached hydrogen (secondary N) is 2. The molecule has 0 atom stereocenters. The summed E-state index contributed by atoms with van der Waals surface area (Å²) in [6, 6.07) is 1.80. The summed E-state index contributed by atoms with van der Waals surface area (Å²) in [6.45, 7) is 2.79. The van der Waals surface area contributed by atoms with Crippen molar-refractivity contribution in [3.63, 3.8) is 0 Å². The van der Waals surface area contributed by atoms with E-state index in [1.165, 1.54) is 0 Å². The molecule has 2 rings (SSSR count). The number of rotatable bonds is 5. The normalized spacial score (nSPS) is 10.2. The summed E-state index contributed by atoms with van der Waals surface area (Å²) in [6.07, 6.45) is 2.53. The van der Waals surface area contributed by atoms with E-state index in [1.54, 1.807) is 23.6 Å². The molecule has 0 unspecified atom stereocenters. The first-order valence-electron chi connectivity index (χ1n) is 5.22. The van der Waals surface area contributed by atoms with E-state index < -0.39 is 0 Å².